The number of nitrogens with zero attached hydrogens (tertiary/aromatic N) is 1. The number of aliphatic hydroxyl groups excluding tert-OH is 1. The van der Waals surface area contributed by atoms with E-state index >= 15 is 0 Å². The van der Waals surface area contributed by atoms with Crippen molar-refractivity contribution in [3.63, 3.8) is 0 Å². The average Bonchev–Trinajstić information content (AvgIpc) is 2.32. The molecule has 0 saturated carbocycles. The second-order valence-corrected chi connectivity index (χ2v) is 4.46. The van der Waals surface area contributed by atoms with E-state index < -0.39 is 6.10 Å². The van der Waals surface area contributed by atoms with Crippen LogP contribution in [0.5, 0.6) is 0 Å². The standard InChI is InChI=1S/C15H17NO/c1-11-4-3-5-13(8-11)15(17)9-14-7-6-12(2)10-16-14/h3-8,10,15,17H,9H2,1-2H3. The monoisotopic (exact) mass is 227 g/mol. The molecule has 1 atom stereocenters. The van der Waals surface area contributed by atoms with Crippen molar-refractivity contribution in [2.75, 3.05) is 0 Å². The molecule has 2 heteroatoms. The van der Waals surface area contributed by atoms with Gasteiger partial charge in [-0.25, -0.2) is 0 Å². The van der Waals surface area contributed by atoms with Crippen molar-refractivity contribution < 1.29 is 5.11 Å². The van der Waals surface area contributed by atoms with E-state index in [2.05, 4.69) is 4.98 Å². The first-order valence-electron chi connectivity index (χ1n) is 5.81. The Balaban J connectivity index is 2.11. The van der Waals surface area contributed by atoms with Gasteiger partial charge >= 0.3 is 0 Å². The summed E-state index contributed by atoms with van der Waals surface area (Å²) >= 11 is 0. The van der Waals surface area contributed by atoms with Gasteiger partial charge in [0.1, 0.15) is 0 Å². The lowest BCUT2D eigenvalue weighted by molar-refractivity contribution is 0.177. The van der Waals surface area contributed by atoms with Crippen LogP contribution in [0.1, 0.15) is 28.5 Å². The fraction of sp³-hybridized carbons (Fsp3) is 0.267. The van der Waals surface area contributed by atoms with Crippen LogP contribution in [0, 0.1) is 13.8 Å². The Kier molecular flexibility index (Phi) is 3.55. The first kappa shape index (κ1) is 11.8. The molecule has 0 aliphatic rings. The van der Waals surface area contributed by atoms with Gasteiger partial charge in [0, 0.05) is 18.3 Å². The van der Waals surface area contributed by atoms with Crippen molar-refractivity contribution in [3.05, 3.63) is 65.0 Å². The second-order valence-electron chi connectivity index (χ2n) is 4.46. The van der Waals surface area contributed by atoms with Gasteiger partial charge in [-0.15, -0.1) is 0 Å². The molecule has 2 rings (SSSR count). The summed E-state index contributed by atoms with van der Waals surface area (Å²) in [7, 11) is 0. The number of hydrogen-bond acceptors (Lipinski definition) is 2. The van der Waals surface area contributed by atoms with Crippen LogP contribution in [0.3, 0.4) is 0 Å². The fourth-order valence-corrected chi connectivity index (χ4v) is 1.81. The number of aromatic nitrogens is 1. The van der Waals surface area contributed by atoms with E-state index in [0.29, 0.717) is 6.42 Å². The summed E-state index contributed by atoms with van der Waals surface area (Å²) in [6, 6.07) is 11.9. The molecule has 0 bridgehead atoms. The van der Waals surface area contributed by atoms with Crippen LogP contribution in [0.25, 0.3) is 0 Å². The van der Waals surface area contributed by atoms with Gasteiger partial charge in [0.25, 0.3) is 0 Å². The minimum atomic E-state index is -0.481. The van der Waals surface area contributed by atoms with Crippen LogP contribution in [0.4, 0.5) is 0 Å². The van der Waals surface area contributed by atoms with Crippen molar-refractivity contribution in [1.29, 1.82) is 0 Å². The SMILES string of the molecule is Cc1ccc(CC(O)c2cccc(C)c2)nc1. The summed E-state index contributed by atoms with van der Waals surface area (Å²) in [6.45, 7) is 4.04. The molecular weight excluding hydrogens is 210 g/mol. The van der Waals surface area contributed by atoms with Crippen molar-refractivity contribution in [3.8, 4) is 0 Å². The number of benzene rings is 1. The summed E-state index contributed by atoms with van der Waals surface area (Å²) < 4.78 is 0. The van der Waals surface area contributed by atoms with Crippen LogP contribution >= 0.6 is 0 Å². The molecule has 0 spiro atoms. The van der Waals surface area contributed by atoms with Gasteiger partial charge in [-0.1, -0.05) is 35.9 Å². The van der Waals surface area contributed by atoms with Crippen LogP contribution in [-0.4, -0.2) is 10.1 Å². The quantitative estimate of drug-likeness (QED) is 0.874. The Morgan fingerprint density at radius 2 is 1.94 bits per heavy atom. The number of aryl methyl sites for hydroxylation is 2. The minimum Gasteiger partial charge on any atom is -0.388 e. The third-order valence-electron chi connectivity index (χ3n) is 2.80. The first-order valence-corrected chi connectivity index (χ1v) is 5.81. The zero-order chi connectivity index (χ0) is 12.3. The van der Waals surface area contributed by atoms with Crippen LogP contribution in [0.2, 0.25) is 0 Å². The van der Waals surface area contributed by atoms with Gasteiger partial charge in [0.05, 0.1) is 6.10 Å². The topological polar surface area (TPSA) is 33.1 Å². The van der Waals surface area contributed by atoms with E-state index in [-0.39, 0.29) is 0 Å². The Morgan fingerprint density at radius 1 is 1.12 bits per heavy atom. The third-order valence-corrected chi connectivity index (χ3v) is 2.80. The van der Waals surface area contributed by atoms with E-state index in [1.165, 1.54) is 5.56 Å². The zero-order valence-corrected chi connectivity index (χ0v) is 10.2. The predicted molar refractivity (Wildman–Crippen MR) is 68.8 cm³/mol. The lowest BCUT2D eigenvalue weighted by Gasteiger charge is -2.11. The molecule has 1 N–H and O–H groups in total. The zero-order valence-electron chi connectivity index (χ0n) is 10.2. The van der Waals surface area contributed by atoms with Gasteiger partial charge in [-0.3, -0.25) is 4.98 Å². The van der Waals surface area contributed by atoms with Gasteiger partial charge in [-0.2, -0.15) is 0 Å². The summed E-state index contributed by atoms with van der Waals surface area (Å²) in [4.78, 5) is 4.31. The van der Waals surface area contributed by atoms with Gasteiger partial charge in [0.2, 0.25) is 0 Å². The molecule has 0 fully saturated rings. The molecule has 0 radical (unpaired) electrons. The molecule has 88 valence electrons. The smallest absolute Gasteiger partial charge is 0.0845 e. The van der Waals surface area contributed by atoms with E-state index in [0.717, 1.165) is 16.8 Å². The van der Waals surface area contributed by atoms with Crippen molar-refractivity contribution in [1.82, 2.24) is 4.98 Å². The summed E-state index contributed by atoms with van der Waals surface area (Å²) in [5.41, 5.74) is 4.18. The highest BCUT2D eigenvalue weighted by Gasteiger charge is 2.09. The van der Waals surface area contributed by atoms with E-state index in [1.807, 2.05) is 56.4 Å². The predicted octanol–water partition coefficient (Wildman–Crippen LogP) is 2.97. The Labute approximate surface area is 102 Å². The van der Waals surface area contributed by atoms with Crippen LogP contribution < -0.4 is 0 Å². The number of rotatable bonds is 3. The molecule has 1 aromatic carbocycles. The summed E-state index contributed by atoms with van der Waals surface area (Å²) in [5, 5.41) is 10.1. The lowest BCUT2D eigenvalue weighted by atomic mass is 10.0. The molecule has 0 aliphatic heterocycles. The Bertz CT molecular complexity index is 491. The van der Waals surface area contributed by atoms with E-state index in [9.17, 15) is 5.11 Å². The third kappa shape index (κ3) is 3.14. The van der Waals surface area contributed by atoms with Crippen molar-refractivity contribution >= 4 is 0 Å². The van der Waals surface area contributed by atoms with Gasteiger partial charge in [-0.05, 0) is 31.0 Å². The lowest BCUT2D eigenvalue weighted by Crippen LogP contribution is -2.03. The summed E-state index contributed by atoms with van der Waals surface area (Å²) in [5.74, 6) is 0. The molecule has 2 aromatic rings. The maximum Gasteiger partial charge on any atom is 0.0845 e. The number of aliphatic hydroxyl groups is 1. The average molecular weight is 227 g/mol. The molecule has 1 unspecified atom stereocenters. The highest BCUT2D eigenvalue weighted by Crippen LogP contribution is 2.18. The van der Waals surface area contributed by atoms with Gasteiger partial charge in [0.15, 0.2) is 0 Å². The highest BCUT2D eigenvalue weighted by molar-refractivity contribution is 5.25. The van der Waals surface area contributed by atoms with Gasteiger partial charge < -0.3 is 5.11 Å². The molecule has 2 nitrogen and oxygen atoms in total. The van der Waals surface area contributed by atoms with E-state index in [1.54, 1.807) is 0 Å². The number of hydrogen-bond donors (Lipinski definition) is 1. The Morgan fingerprint density at radius 3 is 2.59 bits per heavy atom. The second kappa shape index (κ2) is 5.11. The largest absolute Gasteiger partial charge is 0.388 e. The molecular formula is C15H17NO. The van der Waals surface area contributed by atoms with Crippen molar-refractivity contribution in [2.24, 2.45) is 0 Å². The molecule has 1 heterocycles. The summed E-state index contributed by atoms with van der Waals surface area (Å²) in [6.07, 6.45) is 1.91. The normalized spacial score (nSPS) is 12.4. The maximum atomic E-state index is 10.1. The molecule has 0 amide bonds. The van der Waals surface area contributed by atoms with Crippen molar-refractivity contribution in [2.45, 2.75) is 26.4 Å². The highest BCUT2D eigenvalue weighted by atomic mass is 16.3. The van der Waals surface area contributed by atoms with Crippen LogP contribution in [-0.2, 0) is 6.42 Å². The Hall–Kier alpha value is -1.67. The molecule has 0 aliphatic carbocycles. The molecule has 1 aromatic heterocycles. The molecule has 0 saturated heterocycles. The number of pyridine rings is 1. The fourth-order valence-electron chi connectivity index (χ4n) is 1.81. The maximum absolute atomic E-state index is 10.1. The van der Waals surface area contributed by atoms with E-state index in [4.69, 9.17) is 0 Å². The van der Waals surface area contributed by atoms with Crippen LogP contribution in [0.15, 0.2) is 42.6 Å². The minimum absolute atomic E-state index is 0.481. The molecule has 17 heavy (non-hydrogen) atoms. The first-order chi connectivity index (χ1) is 8.15.